The Kier molecular flexibility index (Phi) is 4.64. The summed E-state index contributed by atoms with van der Waals surface area (Å²) in [6.07, 6.45) is 2.33. The van der Waals surface area contributed by atoms with Crippen molar-refractivity contribution in [2.24, 2.45) is 0 Å². The van der Waals surface area contributed by atoms with Crippen LogP contribution < -0.4 is 0 Å². The van der Waals surface area contributed by atoms with E-state index in [1.807, 2.05) is 6.07 Å². The van der Waals surface area contributed by atoms with Gasteiger partial charge in [-0.3, -0.25) is 0 Å². The van der Waals surface area contributed by atoms with E-state index in [0.717, 1.165) is 5.56 Å². The molecule has 2 unspecified atom stereocenters. The number of hydrogen-bond acceptors (Lipinski definition) is 4. The first-order chi connectivity index (χ1) is 11.7. The van der Waals surface area contributed by atoms with Crippen molar-refractivity contribution in [2.45, 2.75) is 18.6 Å². The molecule has 24 heavy (non-hydrogen) atoms. The van der Waals surface area contributed by atoms with Gasteiger partial charge in [0, 0.05) is 6.42 Å². The molecule has 1 aromatic heterocycles. The summed E-state index contributed by atoms with van der Waals surface area (Å²) < 4.78 is 14.6. The number of hydrogen-bond donors (Lipinski definition) is 1. The summed E-state index contributed by atoms with van der Waals surface area (Å²) in [5.41, 5.74) is 1.93. The van der Waals surface area contributed by atoms with Crippen molar-refractivity contribution in [3.05, 3.63) is 83.7 Å². The van der Waals surface area contributed by atoms with E-state index < -0.39 is 12.1 Å². The number of aromatic nitrogens is 3. The monoisotopic (exact) mass is 322 g/mol. The number of benzene rings is 2. The molecule has 1 N–H and O–H groups in total. The van der Waals surface area contributed by atoms with Crippen LogP contribution in [-0.4, -0.2) is 26.0 Å². The minimum atomic E-state index is -0.855. The predicted octanol–water partition coefficient (Wildman–Crippen LogP) is 2.48. The summed E-state index contributed by atoms with van der Waals surface area (Å²) >= 11 is 0. The third-order valence-electron chi connectivity index (χ3n) is 3.84. The molecule has 0 aliphatic heterocycles. The van der Waals surface area contributed by atoms with E-state index in [-0.39, 0.29) is 5.82 Å². The van der Waals surface area contributed by atoms with E-state index in [4.69, 9.17) is 0 Å². The van der Waals surface area contributed by atoms with Crippen molar-refractivity contribution in [3.8, 4) is 6.07 Å². The zero-order valence-corrected chi connectivity index (χ0v) is 12.7. The molecular weight excluding hydrogens is 307 g/mol. The van der Waals surface area contributed by atoms with Crippen LogP contribution in [0.2, 0.25) is 0 Å². The van der Waals surface area contributed by atoms with Crippen LogP contribution in [0.3, 0.4) is 0 Å². The SMILES string of the molecule is N#Cc1ccccc1C(C(O)Cc1ccc(F)cc1)n1cncn1. The van der Waals surface area contributed by atoms with Crippen molar-refractivity contribution in [2.75, 3.05) is 0 Å². The zero-order valence-electron chi connectivity index (χ0n) is 12.7. The van der Waals surface area contributed by atoms with Crippen LogP contribution in [0.5, 0.6) is 0 Å². The van der Waals surface area contributed by atoms with Gasteiger partial charge in [-0.2, -0.15) is 10.4 Å². The van der Waals surface area contributed by atoms with Gasteiger partial charge in [0.15, 0.2) is 0 Å². The van der Waals surface area contributed by atoms with Gasteiger partial charge in [-0.05, 0) is 29.3 Å². The molecule has 1 heterocycles. The Bertz CT molecular complexity index is 840. The second kappa shape index (κ2) is 7.02. The Balaban J connectivity index is 1.96. The van der Waals surface area contributed by atoms with Crippen molar-refractivity contribution < 1.29 is 9.50 Å². The molecule has 0 amide bonds. The van der Waals surface area contributed by atoms with E-state index in [1.165, 1.54) is 29.5 Å². The van der Waals surface area contributed by atoms with Crippen molar-refractivity contribution >= 4 is 0 Å². The molecule has 2 atom stereocenters. The smallest absolute Gasteiger partial charge is 0.137 e. The molecule has 0 radical (unpaired) electrons. The highest BCUT2D eigenvalue weighted by atomic mass is 19.1. The fourth-order valence-corrected chi connectivity index (χ4v) is 2.72. The average molecular weight is 322 g/mol. The maximum Gasteiger partial charge on any atom is 0.137 e. The van der Waals surface area contributed by atoms with Crippen LogP contribution in [0, 0.1) is 17.1 Å². The maximum atomic E-state index is 13.0. The molecule has 120 valence electrons. The van der Waals surface area contributed by atoms with Crippen molar-refractivity contribution in [1.82, 2.24) is 14.8 Å². The fraction of sp³-hybridized carbons (Fsp3) is 0.167. The van der Waals surface area contributed by atoms with Gasteiger partial charge in [-0.25, -0.2) is 14.1 Å². The van der Waals surface area contributed by atoms with Gasteiger partial charge < -0.3 is 5.11 Å². The highest BCUT2D eigenvalue weighted by Crippen LogP contribution is 2.26. The van der Waals surface area contributed by atoms with Crippen LogP contribution in [0.15, 0.2) is 61.2 Å². The molecule has 0 aliphatic rings. The normalized spacial score (nSPS) is 13.2. The Labute approximate surface area is 138 Å². The van der Waals surface area contributed by atoms with E-state index in [0.29, 0.717) is 17.5 Å². The average Bonchev–Trinajstić information content (AvgIpc) is 3.12. The quantitative estimate of drug-likeness (QED) is 0.783. The van der Waals surface area contributed by atoms with E-state index in [1.54, 1.807) is 30.3 Å². The number of rotatable bonds is 5. The van der Waals surface area contributed by atoms with Crippen molar-refractivity contribution in [1.29, 1.82) is 5.26 Å². The fourth-order valence-electron chi connectivity index (χ4n) is 2.72. The summed E-state index contributed by atoms with van der Waals surface area (Å²) in [6.45, 7) is 0. The first-order valence-electron chi connectivity index (χ1n) is 7.44. The van der Waals surface area contributed by atoms with Crippen LogP contribution in [0.25, 0.3) is 0 Å². The topological polar surface area (TPSA) is 74.7 Å². The lowest BCUT2D eigenvalue weighted by Crippen LogP contribution is -2.28. The molecule has 0 saturated heterocycles. The summed E-state index contributed by atoms with van der Waals surface area (Å²) in [6, 6.07) is 14.6. The van der Waals surface area contributed by atoms with Crippen LogP contribution in [-0.2, 0) is 6.42 Å². The minimum Gasteiger partial charge on any atom is -0.390 e. The molecule has 2 aromatic carbocycles. The number of aliphatic hydroxyl groups excluding tert-OH is 1. The van der Waals surface area contributed by atoms with Gasteiger partial charge in [0.1, 0.15) is 24.5 Å². The highest BCUT2D eigenvalue weighted by molar-refractivity contribution is 5.40. The number of nitriles is 1. The molecule has 0 spiro atoms. The molecular formula is C18H15FN4O. The van der Waals surface area contributed by atoms with Crippen molar-refractivity contribution in [3.63, 3.8) is 0 Å². The summed E-state index contributed by atoms with van der Waals surface area (Å²) in [4.78, 5) is 3.93. The zero-order chi connectivity index (χ0) is 16.9. The van der Waals surface area contributed by atoms with Gasteiger partial charge >= 0.3 is 0 Å². The van der Waals surface area contributed by atoms with E-state index in [2.05, 4.69) is 16.2 Å². The molecule has 0 aliphatic carbocycles. The Morgan fingerprint density at radius 3 is 2.58 bits per heavy atom. The molecule has 3 rings (SSSR count). The number of halogens is 1. The first kappa shape index (κ1) is 15.8. The van der Waals surface area contributed by atoms with Gasteiger partial charge in [0.05, 0.1) is 17.7 Å². The number of aliphatic hydroxyl groups is 1. The van der Waals surface area contributed by atoms with Gasteiger partial charge in [0.2, 0.25) is 0 Å². The molecule has 3 aromatic rings. The Morgan fingerprint density at radius 2 is 1.92 bits per heavy atom. The van der Waals surface area contributed by atoms with E-state index >= 15 is 0 Å². The van der Waals surface area contributed by atoms with Crippen LogP contribution in [0.1, 0.15) is 22.7 Å². The summed E-state index contributed by atoms with van der Waals surface area (Å²) in [5.74, 6) is -0.323. The molecule has 0 saturated carbocycles. The standard InChI is InChI=1S/C18H15FN4O/c19-15-7-5-13(6-8-15)9-17(24)18(23-12-21-11-22-23)16-4-2-1-3-14(16)10-20/h1-8,11-12,17-18,24H,9H2. The highest BCUT2D eigenvalue weighted by Gasteiger charge is 2.26. The van der Waals surface area contributed by atoms with Crippen LogP contribution in [0.4, 0.5) is 4.39 Å². The molecule has 5 nitrogen and oxygen atoms in total. The minimum absolute atomic E-state index is 0.296. The summed E-state index contributed by atoms with van der Waals surface area (Å²) in [7, 11) is 0. The summed E-state index contributed by atoms with van der Waals surface area (Å²) in [5, 5.41) is 24.3. The van der Waals surface area contributed by atoms with Gasteiger partial charge in [0.25, 0.3) is 0 Å². The number of nitrogens with zero attached hydrogens (tertiary/aromatic N) is 4. The second-order valence-corrected chi connectivity index (χ2v) is 5.42. The van der Waals surface area contributed by atoms with Gasteiger partial charge in [-0.15, -0.1) is 0 Å². The molecule has 6 heteroatoms. The molecule has 0 fully saturated rings. The predicted molar refractivity (Wildman–Crippen MR) is 85.4 cm³/mol. The largest absolute Gasteiger partial charge is 0.390 e. The Hall–Kier alpha value is -3.04. The lowest BCUT2D eigenvalue weighted by atomic mass is 9.93. The van der Waals surface area contributed by atoms with Crippen LogP contribution >= 0.6 is 0 Å². The third-order valence-corrected chi connectivity index (χ3v) is 3.84. The lowest BCUT2D eigenvalue weighted by Gasteiger charge is -2.24. The maximum absolute atomic E-state index is 13.0. The lowest BCUT2D eigenvalue weighted by molar-refractivity contribution is 0.124. The van der Waals surface area contributed by atoms with E-state index in [9.17, 15) is 14.8 Å². The molecule has 0 bridgehead atoms. The Morgan fingerprint density at radius 1 is 1.17 bits per heavy atom. The first-order valence-corrected chi connectivity index (χ1v) is 7.44. The van der Waals surface area contributed by atoms with Gasteiger partial charge in [-0.1, -0.05) is 30.3 Å². The second-order valence-electron chi connectivity index (χ2n) is 5.42. The third kappa shape index (κ3) is 3.31.